The van der Waals surface area contributed by atoms with Crippen molar-refractivity contribution < 1.29 is 9.47 Å². The highest BCUT2D eigenvalue weighted by atomic mass is 32.1. The molecule has 0 atom stereocenters. The molecule has 3 aromatic rings. The van der Waals surface area contributed by atoms with Crippen molar-refractivity contribution in [1.82, 2.24) is 0 Å². The van der Waals surface area contributed by atoms with Crippen molar-refractivity contribution in [1.29, 1.82) is 0 Å². The largest absolute Gasteiger partial charge is 0.497 e. The molecule has 0 saturated carbocycles. The Balaban J connectivity index is 1.90. The van der Waals surface area contributed by atoms with Crippen LogP contribution in [-0.2, 0) is 0 Å². The van der Waals surface area contributed by atoms with Crippen LogP contribution in [0.4, 0.5) is 0 Å². The Bertz CT molecular complexity index is 779. The summed E-state index contributed by atoms with van der Waals surface area (Å²) >= 11 is 1.78. The van der Waals surface area contributed by atoms with Gasteiger partial charge in [0.25, 0.3) is 0 Å². The number of rotatable bonds is 3. The zero-order valence-corrected chi connectivity index (χ0v) is 14.2. The Hall–Kier alpha value is -2.00. The van der Waals surface area contributed by atoms with E-state index in [9.17, 15) is 0 Å². The van der Waals surface area contributed by atoms with Gasteiger partial charge >= 0.3 is 0 Å². The number of thiophene rings is 1. The molecule has 0 unspecified atom stereocenters. The second-order valence-corrected chi connectivity index (χ2v) is 7.34. The Morgan fingerprint density at radius 3 is 2.18 bits per heavy atom. The predicted octanol–water partition coefficient (Wildman–Crippen LogP) is 5.75. The summed E-state index contributed by atoms with van der Waals surface area (Å²) in [5.41, 5.74) is 1.04. The second-order valence-electron chi connectivity index (χ2n) is 6.25. The molecule has 0 spiro atoms. The summed E-state index contributed by atoms with van der Waals surface area (Å²) in [4.78, 5) is 1.26. The summed E-state index contributed by atoms with van der Waals surface area (Å²) in [6.07, 6.45) is 0. The lowest BCUT2D eigenvalue weighted by Crippen LogP contribution is -2.22. The molecule has 22 heavy (non-hydrogen) atoms. The van der Waals surface area contributed by atoms with Crippen molar-refractivity contribution in [3.05, 3.63) is 48.5 Å². The molecule has 0 aliphatic rings. The average molecular weight is 312 g/mol. The zero-order chi connectivity index (χ0) is 15.7. The van der Waals surface area contributed by atoms with E-state index < -0.39 is 0 Å². The fourth-order valence-electron chi connectivity index (χ4n) is 2.32. The third-order valence-electron chi connectivity index (χ3n) is 3.29. The fourth-order valence-corrected chi connectivity index (χ4v) is 3.42. The van der Waals surface area contributed by atoms with Crippen molar-refractivity contribution >= 4 is 21.4 Å². The summed E-state index contributed by atoms with van der Waals surface area (Å²) in [6.45, 7) is 6.17. The summed E-state index contributed by atoms with van der Waals surface area (Å²) in [5, 5.41) is 1.25. The highest BCUT2D eigenvalue weighted by Crippen LogP contribution is 2.36. The topological polar surface area (TPSA) is 18.5 Å². The van der Waals surface area contributed by atoms with Crippen molar-refractivity contribution in [2.75, 3.05) is 7.11 Å². The maximum Gasteiger partial charge on any atom is 0.120 e. The molecule has 0 N–H and O–H groups in total. The standard InChI is InChI=1S/C19H20O2S/c1-19(2,3)21-15-8-5-13(6-9-15)17-11-14-7-10-16(20-4)12-18(14)22-17/h5-12H,1-4H3. The first kappa shape index (κ1) is 14.9. The van der Waals surface area contributed by atoms with Gasteiger partial charge in [0.15, 0.2) is 0 Å². The van der Waals surface area contributed by atoms with Crippen molar-refractivity contribution in [2.24, 2.45) is 0 Å². The molecule has 114 valence electrons. The Morgan fingerprint density at radius 2 is 1.55 bits per heavy atom. The number of hydrogen-bond donors (Lipinski definition) is 0. The molecule has 2 aromatic carbocycles. The maximum atomic E-state index is 5.87. The molecule has 0 bridgehead atoms. The van der Waals surface area contributed by atoms with Gasteiger partial charge in [0.1, 0.15) is 17.1 Å². The molecule has 0 radical (unpaired) electrons. The molecule has 2 nitrogen and oxygen atoms in total. The summed E-state index contributed by atoms with van der Waals surface area (Å²) in [6, 6.07) is 16.7. The summed E-state index contributed by atoms with van der Waals surface area (Å²) in [7, 11) is 1.70. The molecule has 0 saturated heterocycles. The Labute approximate surface area is 135 Å². The first-order chi connectivity index (χ1) is 10.4. The fraction of sp³-hybridized carbons (Fsp3) is 0.263. The molecule has 0 aliphatic carbocycles. The van der Waals surface area contributed by atoms with E-state index in [1.165, 1.54) is 20.5 Å². The summed E-state index contributed by atoms with van der Waals surface area (Å²) < 4.78 is 12.4. The third-order valence-corrected chi connectivity index (χ3v) is 4.44. The minimum Gasteiger partial charge on any atom is -0.497 e. The van der Waals surface area contributed by atoms with Gasteiger partial charge in [0.05, 0.1) is 7.11 Å². The van der Waals surface area contributed by atoms with E-state index in [0.29, 0.717) is 0 Å². The van der Waals surface area contributed by atoms with Gasteiger partial charge < -0.3 is 9.47 Å². The van der Waals surface area contributed by atoms with Gasteiger partial charge in [-0.1, -0.05) is 0 Å². The molecule has 1 heterocycles. The Morgan fingerprint density at radius 1 is 0.864 bits per heavy atom. The minimum atomic E-state index is -0.171. The quantitative estimate of drug-likeness (QED) is 0.612. The van der Waals surface area contributed by atoms with Crippen LogP contribution in [0.25, 0.3) is 20.5 Å². The highest BCUT2D eigenvalue weighted by molar-refractivity contribution is 7.22. The van der Waals surface area contributed by atoms with Gasteiger partial charge in [0, 0.05) is 9.58 Å². The van der Waals surface area contributed by atoms with Gasteiger partial charge in [-0.3, -0.25) is 0 Å². The van der Waals surface area contributed by atoms with E-state index in [0.717, 1.165) is 11.5 Å². The van der Waals surface area contributed by atoms with Crippen LogP contribution < -0.4 is 9.47 Å². The van der Waals surface area contributed by atoms with Crippen LogP contribution in [0, 0.1) is 0 Å². The van der Waals surface area contributed by atoms with E-state index in [-0.39, 0.29) is 5.60 Å². The summed E-state index contributed by atoms with van der Waals surface area (Å²) in [5.74, 6) is 1.80. The van der Waals surface area contributed by atoms with E-state index in [1.807, 2.05) is 18.2 Å². The third kappa shape index (κ3) is 3.25. The van der Waals surface area contributed by atoms with Crippen LogP contribution in [0.5, 0.6) is 11.5 Å². The van der Waals surface area contributed by atoms with Gasteiger partial charge in [-0.25, -0.2) is 0 Å². The van der Waals surface area contributed by atoms with Crippen molar-refractivity contribution in [3.63, 3.8) is 0 Å². The van der Waals surface area contributed by atoms with Crippen LogP contribution in [-0.4, -0.2) is 12.7 Å². The van der Waals surface area contributed by atoms with Gasteiger partial charge in [-0.15, -0.1) is 11.3 Å². The molecule has 0 fully saturated rings. The number of fused-ring (bicyclic) bond motifs is 1. The van der Waals surface area contributed by atoms with Gasteiger partial charge in [-0.05, 0) is 80.3 Å². The monoisotopic (exact) mass is 312 g/mol. The molecule has 3 heteroatoms. The molecule has 0 aliphatic heterocycles. The minimum absolute atomic E-state index is 0.171. The van der Waals surface area contributed by atoms with Crippen molar-refractivity contribution in [2.45, 2.75) is 26.4 Å². The van der Waals surface area contributed by atoms with Gasteiger partial charge in [-0.2, -0.15) is 0 Å². The normalized spacial score (nSPS) is 11.6. The number of hydrogen-bond acceptors (Lipinski definition) is 3. The van der Waals surface area contributed by atoms with E-state index in [2.05, 4.69) is 51.1 Å². The number of benzene rings is 2. The molecule has 3 rings (SSSR count). The van der Waals surface area contributed by atoms with Crippen LogP contribution in [0.1, 0.15) is 20.8 Å². The molecule has 1 aromatic heterocycles. The molecular weight excluding hydrogens is 292 g/mol. The van der Waals surface area contributed by atoms with Crippen LogP contribution in [0.3, 0.4) is 0 Å². The first-order valence-electron chi connectivity index (χ1n) is 7.32. The van der Waals surface area contributed by atoms with Crippen LogP contribution in [0.2, 0.25) is 0 Å². The number of ether oxygens (including phenoxy) is 2. The smallest absolute Gasteiger partial charge is 0.120 e. The molecule has 0 amide bonds. The lowest BCUT2D eigenvalue weighted by atomic mass is 10.1. The number of methoxy groups -OCH3 is 1. The van der Waals surface area contributed by atoms with Crippen LogP contribution >= 0.6 is 11.3 Å². The molecular formula is C19H20O2S. The SMILES string of the molecule is COc1ccc2cc(-c3ccc(OC(C)(C)C)cc3)sc2c1. The second kappa shape index (κ2) is 5.65. The van der Waals surface area contributed by atoms with Gasteiger partial charge in [0.2, 0.25) is 0 Å². The first-order valence-corrected chi connectivity index (χ1v) is 8.13. The average Bonchev–Trinajstić information content (AvgIpc) is 2.89. The predicted molar refractivity (Wildman–Crippen MR) is 94.2 cm³/mol. The van der Waals surface area contributed by atoms with E-state index in [1.54, 1.807) is 18.4 Å². The van der Waals surface area contributed by atoms with E-state index >= 15 is 0 Å². The Kier molecular flexibility index (Phi) is 3.83. The van der Waals surface area contributed by atoms with Crippen LogP contribution in [0.15, 0.2) is 48.5 Å². The van der Waals surface area contributed by atoms with E-state index in [4.69, 9.17) is 9.47 Å². The zero-order valence-electron chi connectivity index (χ0n) is 13.3. The lowest BCUT2D eigenvalue weighted by molar-refractivity contribution is 0.131. The highest BCUT2D eigenvalue weighted by Gasteiger charge is 2.12. The maximum absolute atomic E-state index is 5.87. The lowest BCUT2D eigenvalue weighted by Gasteiger charge is -2.21. The van der Waals surface area contributed by atoms with Crippen molar-refractivity contribution in [3.8, 4) is 21.9 Å².